The van der Waals surface area contributed by atoms with Crippen LogP contribution in [0.3, 0.4) is 0 Å². The van der Waals surface area contributed by atoms with Gasteiger partial charge in [-0.15, -0.1) is 0 Å². The molecule has 0 unspecified atom stereocenters. The normalized spacial score (nSPS) is 18.8. The van der Waals surface area contributed by atoms with Gasteiger partial charge in [-0.3, -0.25) is 0 Å². The molecule has 0 spiro atoms. The molecule has 0 radical (unpaired) electrons. The fraction of sp³-hybridized carbons (Fsp3) is 0.647. The predicted molar refractivity (Wildman–Crippen MR) is 87.5 cm³/mol. The SMILES string of the molecule is CC(C)[C@H](NS(=O)(=O)CC1CCCCC1)c1ccccc1. The average molecular weight is 309 g/mol. The van der Waals surface area contributed by atoms with Gasteiger partial charge in [-0.2, -0.15) is 0 Å². The van der Waals surface area contributed by atoms with Gasteiger partial charge >= 0.3 is 0 Å². The highest BCUT2D eigenvalue weighted by Crippen LogP contribution is 2.27. The molecule has 0 heterocycles. The third-order valence-corrected chi connectivity index (χ3v) is 5.84. The number of benzene rings is 1. The summed E-state index contributed by atoms with van der Waals surface area (Å²) in [5.41, 5.74) is 1.04. The smallest absolute Gasteiger partial charge is 0.212 e. The Morgan fingerprint density at radius 1 is 1.10 bits per heavy atom. The van der Waals surface area contributed by atoms with Crippen molar-refractivity contribution in [3.05, 3.63) is 35.9 Å². The van der Waals surface area contributed by atoms with E-state index in [0.717, 1.165) is 18.4 Å². The van der Waals surface area contributed by atoms with E-state index in [0.29, 0.717) is 5.92 Å². The van der Waals surface area contributed by atoms with Crippen LogP contribution < -0.4 is 4.72 Å². The lowest BCUT2D eigenvalue weighted by molar-refractivity contribution is 0.381. The molecule has 2 rings (SSSR count). The van der Waals surface area contributed by atoms with Gasteiger partial charge in [0.05, 0.1) is 5.75 Å². The van der Waals surface area contributed by atoms with E-state index in [1.165, 1.54) is 19.3 Å². The van der Waals surface area contributed by atoms with E-state index in [-0.39, 0.29) is 17.7 Å². The molecule has 1 aromatic carbocycles. The molecule has 1 saturated carbocycles. The Morgan fingerprint density at radius 2 is 1.71 bits per heavy atom. The van der Waals surface area contributed by atoms with E-state index in [4.69, 9.17) is 0 Å². The average Bonchev–Trinajstić information content (AvgIpc) is 2.46. The van der Waals surface area contributed by atoms with Crippen molar-refractivity contribution in [2.75, 3.05) is 5.75 Å². The Morgan fingerprint density at radius 3 is 2.29 bits per heavy atom. The summed E-state index contributed by atoms with van der Waals surface area (Å²) in [4.78, 5) is 0. The molecule has 1 fully saturated rings. The van der Waals surface area contributed by atoms with Crippen LogP contribution in [0.4, 0.5) is 0 Å². The Labute approximate surface area is 129 Å². The molecule has 1 aromatic rings. The minimum Gasteiger partial charge on any atom is -0.212 e. The third-order valence-electron chi connectivity index (χ3n) is 4.31. The first-order valence-corrected chi connectivity index (χ1v) is 9.68. The maximum atomic E-state index is 12.5. The Bertz CT molecular complexity index is 519. The zero-order valence-corrected chi connectivity index (χ0v) is 13.9. The molecule has 0 aliphatic heterocycles. The van der Waals surface area contributed by atoms with Crippen LogP contribution >= 0.6 is 0 Å². The van der Waals surface area contributed by atoms with Gasteiger partial charge in [-0.1, -0.05) is 63.4 Å². The number of sulfonamides is 1. The van der Waals surface area contributed by atoms with Gasteiger partial charge in [-0.25, -0.2) is 13.1 Å². The quantitative estimate of drug-likeness (QED) is 0.866. The van der Waals surface area contributed by atoms with Crippen molar-refractivity contribution in [3.8, 4) is 0 Å². The lowest BCUT2D eigenvalue weighted by Crippen LogP contribution is -2.35. The predicted octanol–water partition coefficient (Wildman–Crippen LogP) is 3.88. The second-order valence-corrected chi connectivity index (χ2v) is 8.33. The molecular weight excluding hydrogens is 282 g/mol. The molecule has 1 aliphatic carbocycles. The molecule has 0 bridgehead atoms. The fourth-order valence-corrected chi connectivity index (χ4v) is 5.00. The first-order chi connectivity index (χ1) is 9.98. The van der Waals surface area contributed by atoms with E-state index in [1.807, 2.05) is 30.3 Å². The van der Waals surface area contributed by atoms with Gasteiger partial charge in [0.1, 0.15) is 0 Å². The lowest BCUT2D eigenvalue weighted by atomic mass is 9.91. The molecule has 118 valence electrons. The topological polar surface area (TPSA) is 46.2 Å². The highest BCUT2D eigenvalue weighted by molar-refractivity contribution is 7.89. The summed E-state index contributed by atoms with van der Waals surface area (Å²) in [5.74, 6) is 0.844. The Balaban J connectivity index is 2.05. The number of hydrogen-bond donors (Lipinski definition) is 1. The monoisotopic (exact) mass is 309 g/mol. The molecule has 1 N–H and O–H groups in total. The van der Waals surface area contributed by atoms with Crippen LogP contribution in [0.15, 0.2) is 30.3 Å². The Kier molecular flexibility index (Phi) is 5.82. The second kappa shape index (κ2) is 7.41. The zero-order valence-electron chi connectivity index (χ0n) is 13.1. The van der Waals surface area contributed by atoms with Crippen molar-refractivity contribution in [1.29, 1.82) is 0 Å². The van der Waals surface area contributed by atoms with Gasteiger partial charge < -0.3 is 0 Å². The van der Waals surface area contributed by atoms with Crippen molar-refractivity contribution in [3.63, 3.8) is 0 Å². The van der Waals surface area contributed by atoms with Crippen LogP contribution in [-0.4, -0.2) is 14.2 Å². The van der Waals surface area contributed by atoms with Crippen molar-refractivity contribution < 1.29 is 8.42 Å². The molecule has 0 aromatic heterocycles. The summed E-state index contributed by atoms with van der Waals surface area (Å²) >= 11 is 0. The van der Waals surface area contributed by atoms with Crippen LogP contribution in [0, 0.1) is 11.8 Å². The van der Waals surface area contributed by atoms with Gasteiger partial charge in [0, 0.05) is 6.04 Å². The summed E-state index contributed by atoms with van der Waals surface area (Å²) in [6.45, 7) is 4.11. The van der Waals surface area contributed by atoms with E-state index < -0.39 is 10.0 Å². The molecule has 21 heavy (non-hydrogen) atoms. The van der Waals surface area contributed by atoms with E-state index >= 15 is 0 Å². The molecule has 1 atom stereocenters. The second-order valence-electron chi connectivity index (χ2n) is 6.54. The van der Waals surface area contributed by atoms with Crippen LogP contribution in [0.1, 0.15) is 57.6 Å². The van der Waals surface area contributed by atoms with Crippen LogP contribution in [-0.2, 0) is 10.0 Å². The highest BCUT2D eigenvalue weighted by Gasteiger charge is 2.26. The summed E-state index contributed by atoms with van der Waals surface area (Å²) in [6.07, 6.45) is 5.71. The minimum atomic E-state index is -3.22. The maximum absolute atomic E-state index is 12.5. The van der Waals surface area contributed by atoms with Crippen LogP contribution in [0.2, 0.25) is 0 Å². The van der Waals surface area contributed by atoms with Crippen molar-refractivity contribution >= 4 is 10.0 Å². The van der Waals surface area contributed by atoms with E-state index in [2.05, 4.69) is 18.6 Å². The van der Waals surface area contributed by atoms with Crippen molar-refractivity contribution in [2.24, 2.45) is 11.8 Å². The highest BCUT2D eigenvalue weighted by atomic mass is 32.2. The number of hydrogen-bond acceptors (Lipinski definition) is 2. The van der Waals surface area contributed by atoms with Gasteiger partial charge in [0.25, 0.3) is 0 Å². The standard InChI is InChI=1S/C17H27NO2S/c1-14(2)17(16-11-7-4-8-12-16)18-21(19,20)13-15-9-5-3-6-10-15/h4,7-8,11-12,14-15,17-18H,3,5-6,9-10,13H2,1-2H3/t17-/m0/s1. The summed E-state index contributed by atoms with van der Waals surface area (Å²) in [6, 6.07) is 9.72. The van der Waals surface area contributed by atoms with E-state index in [9.17, 15) is 8.42 Å². The molecular formula is C17H27NO2S. The van der Waals surface area contributed by atoms with Crippen molar-refractivity contribution in [1.82, 2.24) is 4.72 Å². The molecule has 1 aliphatic rings. The number of nitrogens with one attached hydrogen (secondary N) is 1. The zero-order chi connectivity index (χ0) is 15.3. The van der Waals surface area contributed by atoms with Gasteiger partial charge in [0.2, 0.25) is 10.0 Å². The van der Waals surface area contributed by atoms with Crippen LogP contribution in [0.5, 0.6) is 0 Å². The fourth-order valence-electron chi connectivity index (χ4n) is 3.16. The molecule has 0 amide bonds. The first-order valence-electron chi connectivity index (χ1n) is 8.03. The Hall–Kier alpha value is -0.870. The molecule has 3 nitrogen and oxygen atoms in total. The molecule has 4 heteroatoms. The first kappa shape index (κ1) is 16.5. The van der Waals surface area contributed by atoms with E-state index in [1.54, 1.807) is 0 Å². The van der Waals surface area contributed by atoms with Crippen molar-refractivity contribution in [2.45, 2.75) is 52.0 Å². The maximum Gasteiger partial charge on any atom is 0.212 e. The largest absolute Gasteiger partial charge is 0.212 e. The van der Waals surface area contributed by atoms with Gasteiger partial charge in [-0.05, 0) is 30.2 Å². The number of rotatable bonds is 6. The third kappa shape index (κ3) is 5.11. The summed E-state index contributed by atoms with van der Waals surface area (Å²) < 4.78 is 27.9. The summed E-state index contributed by atoms with van der Waals surface area (Å²) in [5, 5.41) is 0. The summed E-state index contributed by atoms with van der Waals surface area (Å²) in [7, 11) is -3.22. The molecule has 0 saturated heterocycles. The van der Waals surface area contributed by atoms with Gasteiger partial charge in [0.15, 0.2) is 0 Å². The van der Waals surface area contributed by atoms with Crippen LogP contribution in [0.25, 0.3) is 0 Å². The minimum absolute atomic E-state index is 0.139. The lowest BCUT2D eigenvalue weighted by Gasteiger charge is -2.26.